The first-order valence-corrected chi connectivity index (χ1v) is 6.51. The van der Waals surface area contributed by atoms with Gasteiger partial charge in [-0.2, -0.15) is 0 Å². The van der Waals surface area contributed by atoms with Gasteiger partial charge in [0.15, 0.2) is 0 Å². The van der Waals surface area contributed by atoms with Gasteiger partial charge >= 0.3 is 0 Å². The number of benzene rings is 1. The van der Waals surface area contributed by atoms with Gasteiger partial charge in [-0.1, -0.05) is 11.6 Å². The maximum absolute atomic E-state index is 11.7. The Labute approximate surface area is 112 Å². The van der Waals surface area contributed by atoms with E-state index >= 15 is 0 Å². The van der Waals surface area contributed by atoms with Crippen LogP contribution in [0.15, 0.2) is 24.3 Å². The molecule has 0 saturated carbocycles. The Kier molecular flexibility index (Phi) is 4.44. The number of rotatable bonds is 4. The van der Waals surface area contributed by atoms with Crippen molar-refractivity contribution >= 4 is 23.2 Å². The number of anilines is 1. The Balaban J connectivity index is 2.03. The van der Waals surface area contributed by atoms with Crippen LogP contribution in [0.2, 0.25) is 5.02 Å². The van der Waals surface area contributed by atoms with Gasteiger partial charge < -0.3 is 15.5 Å². The van der Waals surface area contributed by atoms with E-state index in [0.29, 0.717) is 11.6 Å². The largest absolute Gasteiger partial charge is 0.360 e. The minimum atomic E-state index is 0.0808. The standard InChI is InChI=1S/C13H18ClN3O/c1-15-7-6-11-8-17(9-13(18)16-11)12-4-2-10(14)3-5-12/h2-5,11,15H,6-9H2,1H3,(H,16,18). The van der Waals surface area contributed by atoms with E-state index in [4.69, 9.17) is 11.6 Å². The number of piperazine rings is 1. The second kappa shape index (κ2) is 6.07. The number of halogens is 1. The van der Waals surface area contributed by atoms with Gasteiger partial charge in [0.1, 0.15) is 0 Å². The van der Waals surface area contributed by atoms with Crippen molar-refractivity contribution in [2.24, 2.45) is 0 Å². The molecular weight excluding hydrogens is 250 g/mol. The van der Waals surface area contributed by atoms with Crippen molar-refractivity contribution in [1.82, 2.24) is 10.6 Å². The quantitative estimate of drug-likeness (QED) is 0.863. The smallest absolute Gasteiger partial charge is 0.239 e. The van der Waals surface area contributed by atoms with Crippen LogP contribution in [0.4, 0.5) is 5.69 Å². The van der Waals surface area contributed by atoms with E-state index in [1.807, 2.05) is 31.3 Å². The minimum Gasteiger partial charge on any atom is -0.360 e. The fourth-order valence-corrected chi connectivity index (χ4v) is 2.28. The Morgan fingerprint density at radius 2 is 2.17 bits per heavy atom. The fraction of sp³-hybridized carbons (Fsp3) is 0.462. The molecule has 1 unspecified atom stereocenters. The second-order valence-corrected chi connectivity index (χ2v) is 4.95. The lowest BCUT2D eigenvalue weighted by atomic mass is 10.1. The number of amides is 1. The molecule has 2 rings (SSSR count). The Hall–Kier alpha value is -1.26. The number of nitrogens with one attached hydrogen (secondary N) is 2. The molecule has 1 saturated heterocycles. The molecule has 98 valence electrons. The van der Waals surface area contributed by atoms with Gasteiger partial charge in [-0.3, -0.25) is 4.79 Å². The summed E-state index contributed by atoms with van der Waals surface area (Å²) in [5.74, 6) is 0.0808. The second-order valence-electron chi connectivity index (χ2n) is 4.51. The molecule has 0 radical (unpaired) electrons. The molecule has 0 bridgehead atoms. The van der Waals surface area contributed by atoms with Gasteiger partial charge in [-0.15, -0.1) is 0 Å². The summed E-state index contributed by atoms with van der Waals surface area (Å²) in [4.78, 5) is 13.8. The first kappa shape index (κ1) is 13.2. The first-order chi connectivity index (χ1) is 8.69. The summed E-state index contributed by atoms with van der Waals surface area (Å²) in [6.45, 7) is 2.16. The molecule has 0 aliphatic carbocycles. The van der Waals surface area contributed by atoms with Crippen LogP contribution < -0.4 is 15.5 Å². The van der Waals surface area contributed by atoms with E-state index in [0.717, 1.165) is 25.2 Å². The molecular formula is C13H18ClN3O. The lowest BCUT2D eigenvalue weighted by Gasteiger charge is -2.34. The lowest BCUT2D eigenvalue weighted by Crippen LogP contribution is -2.54. The van der Waals surface area contributed by atoms with Crippen molar-refractivity contribution < 1.29 is 4.79 Å². The number of carbonyl (C=O) groups is 1. The van der Waals surface area contributed by atoms with Crippen molar-refractivity contribution in [1.29, 1.82) is 0 Å². The zero-order chi connectivity index (χ0) is 13.0. The van der Waals surface area contributed by atoms with Crippen molar-refractivity contribution in [2.45, 2.75) is 12.5 Å². The molecule has 0 spiro atoms. The van der Waals surface area contributed by atoms with Gasteiger partial charge in [0.05, 0.1) is 6.54 Å². The monoisotopic (exact) mass is 267 g/mol. The summed E-state index contributed by atoms with van der Waals surface area (Å²) in [6.07, 6.45) is 0.937. The third kappa shape index (κ3) is 3.37. The van der Waals surface area contributed by atoms with Crippen LogP contribution in [0.5, 0.6) is 0 Å². The summed E-state index contributed by atoms with van der Waals surface area (Å²) in [5, 5.41) is 6.84. The Morgan fingerprint density at radius 3 is 2.83 bits per heavy atom. The van der Waals surface area contributed by atoms with E-state index in [1.165, 1.54) is 0 Å². The van der Waals surface area contributed by atoms with Gasteiger partial charge in [-0.25, -0.2) is 0 Å². The van der Waals surface area contributed by atoms with Crippen molar-refractivity contribution in [3.05, 3.63) is 29.3 Å². The van der Waals surface area contributed by atoms with Crippen LogP contribution >= 0.6 is 11.6 Å². The molecule has 1 aromatic carbocycles. The summed E-state index contributed by atoms with van der Waals surface area (Å²) in [5.41, 5.74) is 1.05. The molecule has 1 atom stereocenters. The molecule has 2 N–H and O–H groups in total. The predicted molar refractivity (Wildman–Crippen MR) is 74.1 cm³/mol. The topological polar surface area (TPSA) is 44.4 Å². The fourth-order valence-electron chi connectivity index (χ4n) is 2.15. The number of hydrogen-bond donors (Lipinski definition) is 2. The third-order valence-electron chi connectivity index (χ3n) is 3.07. The first-order valence-electron chi connectivity index (χ1n) is 6.13. The molecule has 1 heterocycles. The van der Waals surface area contributed by atoms with E-state index < -0.39 is 0 Å². The van der Waals surface area contributed by atoms with Gasteiger partial charge in [-0.05, 0) is 44.3 Å². The molecule has 18 heavy (non-hydrogen) atoms. The van der Waals surface area contributed by atoms with Crippen LogP contribution in [0.25, 0.3) is 0 Å². The van der Waals surface area contributed by atoms with Crippen LogP contribution in [-0.4, -0.2) is 38.6 Å². The molecule has 0 aromatic heterocycles. The van der Waals surface area contributed by atoms with Crippen molar-refractivity contribution in [2.75, 3.05) is 31.6 Å². The molecule has 4 nitrogen and oxygen atoms in total. The number of carbonyl (C=O) groups excluding carboxylic acids is 1. The zero-order valence-corrected chi connectivity index (χ0v) is 11.2. The normalized spacial score (nSPS) is 19.8. The average Bonchev–Trinajstić information content (AvgIpc) is 2.36. The van der Waals surface area contributed by atoms with Gasteiger partial charge in [0.2, 0.25) is 5.91 Å². The average molecular weight is 268 g/mol. The van der Waals surface area contributed by atoms with Gasteiger partial charge in [0, 0.05) is 23.3 Å². The molecule has 1 aromatic rings. The highest BCUT2D eigenvalue weighted by Gasteiger charge is 2.24. The van der Waals surface area contributed by atoms with Crippen LogP contribution in [0, 0.1) is 0 Å². The predicted octanol–water partition coefficient (Wildman–Crippen LogP) is 1.25. The molecule has 1 aliphatic rings. The highest BCUT2D eigenvalue weighted by molar-refractivity contribution is 6.30. The van der Waals surface area contributed by atoms with Crippen molar-refractivity contribution in [3.8, 4) is 0 Å². The highest BCUT2D eigenvalue weighted by atomic mass is 35.5. The Bertz CT molecular complexity index is 407. The molecule has 1 aliphatic heterocycles. The summed E-state index contributed by atoms with van der Waals surface area (Å²) in [6, 6.07) is 7.82. The van der Waals surface area contributed by atoms with Crippen LogP contribution in [0.3, 0.4) is 0 Å². The number of nitrogens with zero attached hydrogens (tertiary/aromatic N) is 1. The SMILES string of the molecule is CNCCC1CN(c2ccc(Cl)cc2)CC(=O)N1. The Morgan fingerprint density at radius 1 is 1.44 bits per heavy atom. The van der Waals surface area contributed by atoms with Gasteiger partial charge in [0.25, 0.3) is 0 Å². The summed E-state index contributed by atoms with van der Waals surface area (Å²) >= 11 is 5.87. The van der Waals surface area contributed by atoms with Crippen LogP contribution in [-0.2, 0) is 4.79 Å². The maximum Gasteiger partial charge on any atom is 0.239 e. The third-order valence-corrected chi connectivity index (χ3v) is 3.33. The van der Waals surface area contributed by atoms with E-state index in [1.54, 1.807) is 0 Å². The molecule has 5 heteroatoms. The van der Waals surface area contributed by atoms with E-state index in [-0.39, 0.29) is 11.9 Å². The highest BCUT2D eigenvalue weighted by Crippen LogP contribution is 2.19. The maximum atomic E-state index is 11.7. The van der Waals surface area contributed by atoms with Crippen molar-refractivity contribution in [3.63, 3.8) is 0 Å². The number of hydrogen-bond acceptors (Lipinski definition) is 3. The molecule has 1 amide bonds. The zero-order valence-electron chi connectivity index (χ0n) is 10.4. The minimum absolute atomic E-state index is 0.0808. The van der Waals surface area contributed by atoms with E-state index in [9.17, 15) is 4.79 Å². The summed E-state index contributed by atoms with van der Waals surface area (Å²) < 4.78 is 0. The van der Waals surface area contributed by atoms with E-state index in [2.05, 4.69) is 15.5 Å². The molecule has 1 fully saturated rings. The summed E-state index contributed by atoms with van der Waals surface area (Å²) in [7, 11) is 1.92. The van der Waals surface area contributed by atoms with Crippen LogP contribution in [0.1, 0.15) is 6.42 Å². The lowest BCUT2D eigenvalue weighted by molar-refractivity contribution is -0.121.